The molecule has 6 rings (SSSR count). The minimum atomic E-state index is -0.0854. The highest BCUT2D eigenvalue weighted by Crippen LogP contribution is 2.42. The minimum Gasteiger partial charge on any atom is -0.460 e. The molecular weight excluding hydrogens is 334 g/mol. The molecule has 3 heterocycles. The Morgan fingerprint density at radius 2 is 1.67 bits per heavy atom. The van der Waals surface area contributed by atoms with Crippen LogP contribution in [0.2, 0.25) is 0 Å². The van der Waals surface area contributed by atoms with Crippen molar-refractivity contribution < 1.29 is 9.53 Å². The summed E-state index contributed by atoms with van der Waals surface area (Å²) in [6, 6.07) is 19.1. The molecule has 0 aromatic heterocycles. The molecule has 0 spiro atoms. The van der Waals surface area contributed by atoms with E-state index in [1.165, 1.54) is 42.6 Å². The number of hydrogen-bond donors (Lipinski definition) is 0. The van der Waals surface area contributed by atoms with Crippen molar-refractivity contribution in [3.05, 3.63) is 71.3 Å². The van der Waals surface area contributed by atoms with Crippen molar-refractivity contribution in [2.75, 3.05) is 19.6 Å². The third kappa shape index (κ3) is 3.19. The van der Waals surface area contributed by atoms with Crippen LogP contribution in [0.25, 0.3) is 0 Å². The predicted octanol–water partition coefficient (Wildman–Crippen LogP) is 4.02. The molecule has 27 heavy (non-hydrogen) atoms. The zero-order chi connectivity index (χ0) is 18.2. The fourth-order valence-corrected chi connectivity index (χ4v) is 5.37. The summed E-state index contributed by atoms with van der Waals surface area (Å²) in [6.45, 7) is 3.26. The molecule has 1 unspecified atom stereocenters. The topological polar surface area (TPSA) is 29.5 Å². The second kappa shape index (κ2) is 7.12. The molecule has 3 fully saturated rings. The van der Waals surface area contributed by atoms with Gasteiger partial charge in [0, 0.05) is 12.5 Å². The van der Waals surface area contributed by atoms with Crippen molar-refractivity contribution in [1.82, 2.24) is 4.90 Å². The van der Waals surface area contributed by atoms with Crippen LogP contribution in [0, 0.1) is 11.8 Å². The van der Waals surface area contributed by atoms with Crippen LogP contribution in [0.5, 0.6) is 0 Å². The molecule has 4 aliphatic rings. The average Bonchev–Trinajstić information content (AvgIpc) is 2.74. The number of ether oxygens (including phenoxy) is 1. The normalized spacial score (nSPS) is 31.9. The molecule has 0 radical (unpaired) electrons. The Hall–Kier alpha value is -2.13. The van der Waals surface area contributed by atoms with Gasteiger partial charge in [-0.2, -0.15) is 0 Å². The van der Waals surface area contributed by atoms with Crippen LogP contribution in [0.3, 0.4) is 0 Å². The molecule has 1 aliphatic carbocycles. The molecule has 3 heteroatoms. The number of nitrogens with zero attached hydrogens (tertiary/aromatic N) is 1. The molecule has 3 saturated heterocycles. The lowest BCUT2D eigenvalue weighted by Gasteiger charge is -2.44. The number of hydrogen-bond acceptors (Lipinski definition) is 3. The first kappa shape index (κ1) is 17.0. The Balaban J connectivity index is 1.43. The molecule has 2 aromatic rings. The Morgan fingerprint density at radius 3 is 2.41 bits per heavy atom. The van der Waals surface area contributed by atoms with Crippen molar-refractivity contribution in [3.63, 3.8) is 0 Å². The summed E-state index contributed by atoms with van der Waals surface area (Å²) >= 11 is 0. The Morgan fingerprint density at radius 1 is 0.926 bits per heavy atom. The maximum Gasteiger partial charge on any atom is 0.310 e. The lowest BCUT2D eigenvalue weighted by molar-refractivity contribution is -0.164. The molecule has 140 valence electrons. The van der Waals surface area contributed by atoms with Crippen molar-refractivity contribution in [2.24, 2.45) is 11.8 Å². The lowest BCUT2D eigenvalue weighted by atomic mass is 9.72. The highest BCUT2D eigenvalue weighted by molar-refractivity contribution is 5.75. The van der Waals surface area contributed by atoms with Crippen LogP contribution in [-0.4, -0.2) is 36.6 Å². The van der Waals surface area contributed by atoms with Gasteiger partial charge in [0.25, 0.3) is 0 Å². The van der Waals surface area contributed by atoms with E-state index in [1.54, 1.807) is 0 Å². The van der Waals surface area contributed by atoms with E-state index >= 15 is 0 Å². The fraction of sp³-hybridized carbons (Fsp3) is 0.458. The quantitative estimate of drug-likeness (QED) is 0.774. The Bertz CT molecular complexity index is 810. The van der Waals surface area contributed by atoms with Crippen LogP contribution in [0.1, 0.15) is 41.9 Å². The molecule has 3 atom stereocenters. The molecule has 3 nitrogen and oxygen atoms in total. The van der Waals surface area contributed by atoms with Crippen LogP contribution >= 0.6 is 0 Å². The molecule has 2 aromatic carbocycles. The van der Waals surface area contributed by atoms with E-state index in [2.05, 4.69) is 53.4 Å². The SMILES string of the molecule is O=C(O[C@H]1CN2CCC1CC2)C1CCc2ccccc2[C@@H]1c1ccccc1. The standard InChI is InChI=1S/C24H27NO2/c26-24(27-22-16-25-14-12-18(22)13-15-25)21-11-10-17-6-4-5-9-20(17)23(21)19-7-2-1-3-8-19/h1-9,18,21-23H,10-16H2/t21?,22-,23-/m0/s1. The third-order valence-electron chi connectivity index (χ3n) is 6.84. The van der Waals surface area contributed by atoms with Crippen molar-refractivity contribution in [3.8, 4) is 0 Å². The van der Waals surface area contributed by atoms with Crippen molar-refractivity contribution in [1.29, 1.82) is 0 Å². The molecule has 0 N–H and O–H groups in total. The maximum absolute atomic E-state index is 13.3. The van der Waals surface area contributed by atoms with Crippen LogP contribution in [0.4, 0.5) is 0 Å². The number of esters is 1. The predicted molar refractivity (Wildman–Crippen MR) is 106 cm³/mol. The average molecular weight is 361 g/mol. The summed E-state index contributed by atoms with van der Waals surface area (Å²) in [7, 11) is 0. The first-order valence-electron chi connectivity index (χ1n) is 10.3. The van der Waals surface area contributed by atoms with E-state index in [1.807, 2.05) is 6.07 Å². The zero-order valence-electron chi connectivity index (χ0n) is 15.7. The number of carbonyl (C=O) groups is 1. The first-order valence-corrected chi connectivity index (χ1v) is 10.3. The summed E-state index contributed by atoms with van der Waals surface area (Å²) in [4.78, 5) is 15.7. The summed E-state index contributed by atoms with van der Waals surface area (Å²) in [6.07, 6.45) is 4.27. The van der Waals surface area contributed by atoms with E-state index in [4.69, 9.17) is 4.74 Å². The zero-order valence-corrected chi connectivity index (χ0v) is 15.7. The summed E-state index contributed by atoms with van der Waals surface area (Å²) in [5.41, 5.74) is 3.89. The number of aryl methyl sites for hydroxylation is 1. The van der Waals surface area contributed by atoms with Gasteiger partial charge in [-0.05, 0) is 61.4 Å². The van der Waals surface area contributed by atoms with Crippen molar-refractivity contribution in [2.45, 2.75) is 37.7 Å². The van der Waals surface area contributed by atoms with Crippen LogP contribution in [0.15, 0.2) is 54.6 Å². The Kier molecular flexibility index (Phi) is 4.48. The Labute approximate surface area is 161 Å². The van der Waals surface area contributed by atoms with Gasteiger partial charge in [-0.1, -0.05) is 54.6 Å². The van der Waals surface area contributed by atoms with Gasteiger partial charge in [0.1, 0.15) is 6.10 Å². The molecule has 0 saturated carbocycles. The molecule has 2 bridgehead atoms. The highest BCUT2D eigenvalue weighted by Gasteiger charge is 2.41. The first-order chi connectivity index (χ1) is 13.3. The maximum atomic E-state index is 13.3. The summed E-state index contributed by atoms with van der Waals surface area (Å²) in [5, 5.41) is 0. The summed E-state index contributed by atoms with van der Waals surface area (Å²) < 4.78 is 6.15. The van der Waals surface area contributed by atoms with E-state index < -0.39 is 0 Å². The number of fused-ring (bicyclic) bond motifs is 4. The van der Waals surface area contributed by atoms with E-state index in [0.29, 0.717) is 5.92 Å². The fourth-order valence-electron chi connectivity index (χ4n) is 5.37. The second-order valence-electron chi connectivity index (χ2n) is 8.35. The summed E-state index contributed by atoms with van der Waals surface area (Å²) in [5.74, 6) is 0.588. The van der Waals surface area contributed by atoms with Crippen LogP contribution in [-0.2, 0) is 16.0 Å². The molecular formula is C24H27NO2. The van der Waals surface area contributed by atoms with Gasteiger partial charge >= 0.3 is 5.97 Å². The monoisotopic (exact) mass is 361 g/mol. The highest BCUT2D eigenvalue weighted by atomic mass is 16.5. The van der Waals surface area contributed by atoms with Crippen LogP contribution < -0.4 is 0 Å². The number of piperidine rings is 3. The molecule has 3 aliphatic heterocycles. The smallest absolute Gasteiger partial charge is 0.310 e. The van der Waals surface area contributed by atoms with Gasteiger partial charge in [0.05, 0.1) is 5.92 Å². The third-order valence-corrected chi connectivity index (χ3v) is 6.84. The number of benzene rings is 2. The van der Waals surface area contributed by atoms with Gasteiger partial charge in [-0.25, -0.2) is 0 Å². The van der Waals surface area contributed by atoms with E-state index in [-0.39, 0.29) is 23.9 Å². The number of carbonyl (C=O) groups excluding carboxylic acids is 1. The van der Waals surface area contributed by atoms with Gasteiger partial charge in [-0.15, -0.1) is 0 Å². The minimum absolute atomic E-state index is 0.0112. The lowest BCUT2D eigenvalue weighted by Crippen LogP contribution is -2.52. The van der Waals surface area contributed by atoms with E-state index in [9.17, 15) is 4.79 Å². The van der Waals surface area contributed by atoms with Gasteiger partial charge < -0.3 is 4.74 Å². The molecule has 0 amide bonds. The number of rotatable bonds is 3. The second-order valence-corrected chi connectivity index (χ2v) is 8.35. The van der Waals surface area contributed by atoms with Gasteiger partial charge in [0.2, 0.25) is 0 Å². The van der Waals surface area contributed by atoms with Gasteiger partial charge in [0.15, 0.2) is 0 Å². The van der Waals surface area contributed by atoms with Crippen molar-refractivity contribution >= 4 is 5.97 Å². The van der Waals surface area contributed by atoms with E-state index in [0.717, 1.165) is 19.4 Å². The van der Waals surface area contributed by atoms with Gasteiger partial charge in [-0.3, -0.25) is 9.69 Å². The largest absolute Gasteiger partial charge is 0.460 e.